The fourth-order valence-electron chi connectivity index (χ4n) is 3.70. The van der Waals surface area contributed by atoms with E-state index in [1.54, 1.807) is 14.0 Å². The summed E-state index contributed by atoms with van der Waals surface area (Å²) in [5.74, 6) is 2.94. The number of halogens is 1. The summed E-state index contributed by atoms with van der Waals surface area (Å²) in [5, 5.41) is 17.6. The molecule has 2 heterocycles. The van der Waals surface area contributed by atoms with Crippen molar-refractivity contribution in [3.63, 3.8) is 0 Å². The lowest BCUT2D eigenvalue weighted by Crippen LogP contribution is -2.44. The van der Waals surface area contributed by atoms with Crippen LogP contribution < -0.4 is 10.6 Å². The Hall–Kier alpha value is -0.840. The minimum absolute atomic E-state index is 0. The summed E-state index contributed by atoms with van der Waals surface area (Å²) >= 11 is 0. The van der Waals surface area contributed by atoms with E-state index in [0.29, 0.717) is 5.92 Å². The third-order valence-electron chi connectivity index (χ3n) is 5.39. The van der Waals surface area contributed by atoms with Crippen molar-refractivity contribution >= 4 is 29.9 Å². The Bertz CT molecular complexity index is 625. The van der Waals surface area contributed by atoms with Gasteiger partial charge in [0, 0.05) is 32.3 Å². The Balaban J connectivity index is 0.00000420. The maximum absolute atomic E-state index is 10.9. The monoisotopic (exact) mass is 522 g/mol. The van der Waals surface area contributed by atoms with Crippen molar-refractivity contribution in [3.8, 4) is 0 Å². The number of hydrogen-bond donors (Lipinski definition) is 3. The van der Waals surface area contributed by atoms with E-state index < -0.39 is 5.60 Å². The highest BCUT2D eigenvalue weighted by molar-refractivity contribution is 14.0. The predicted octanol–water partition coefficient (Wildman–Crippen LogP) is 2.64. The van der Waals surface area contributed by atoms with E-state index >= 15 is 0 Å². The molecule has 1 fully saturated rings. The molecule has 3 N–H and O–H groups in total. The van der Waals surface area contributed by atoms with Gasteiger partial charge in [-0.15, -0.1) is 24.0 Å². The highest BCUT2D eigenvalue weighted by Crippen LogP contribution is 2.27. The second-order valence-electron chi connectivity index (χ2n) is 7.95. The molecule has 0 radical (unpaired) electrons. The molecule has 0 aromatic carbocycles. The molecule has 1 aromatic heterocycles. The molecule has 1 aliphatic heterocycles. The van der Waals surface area contributed by atoms with Crippen LogP contribution in [-0.2, 0) is 10.3 Å². The molecule has 8 heteroatoms. The summed E-state index contributed by atoms with van der Waals surface area (Å²) in [6.45, 7) is 13.6. The number of piperidine rings is 1. The van der Waals surface area contributed by atoms with Gasteiger partial charge >= 0.3 is 0 Å². The number of ether oxygens (including phenoxy) is 1. The molecule has 2 rings (SSSR count). The lowest BCUT2D eigenvalue weighted by atomic mass is 9.96. The Morgan fingerprint density at radius 1 is 1.34 bits per heavy atom. The number of nitrogens with zero attached hydrogens (tertiary/aromatic N) is 2. The third kappa shape index (κ3) is 8.43. The van der Waals surface area contributed by atoms with Crippen molar-refractivity contribution < 1.29 is 14.3 Å². The van der Waals surface area contributed by atoms with Gasteiger partial charge in [-0.05, 0) is 65.6 Å². The maximum Gasteiger partial charge on any atom is 0.191 e. The molecule has 168 valence electrons. The summed E-state index contributed by atoms with van der Waals surface area (Å²) in [7, 11) is 1.75. The van der Waals surface area contributed by atoms with E-state index in [9.17, 15) is 5.11 Å². The van der Waals surface area contributed by atoms with Gasteiger partial charge in [0.15, 0.2) is 5.96 Å². The highest BCUT2D eigenvalue weighted by Gasteiger charge is 2.27. The normalized spacial score (nSPS) is 18.2. The van der Waals surface area contributed by atoms with E-state index in [1.807, 2.05) is 26.8 Å². The van der Waals surface area contributed by atoms with Gasteiger partial charge in [-0.1, -0.05) is 0 Å². The average Bonchev–Trinajstić information content (AvgIpc) is 3.02. The number of methoxy groups -OCH3 is 1. The summed E-state index contributed by atoms with van der Waals surface area (Å²) in [6.07, 6.45) is 2.36. The number of furan rings is 1. The minimum Gasteiger partial charge on any atom is -0.466 e. The molecule has 1 aromatic rings. The molecule has 1 atom stereocenters. The Kier molecular flexibility index (Phi) is 11.5. The first-order chi connectivity index (χ1) is 13.4. The van der Waals surface area contributed by atoms with Gasteiger partial charge in [0.05, 0.1) is 13.2 Å². The first-order valence-electron chi connectivity index (χ1n) is 10.4. The molecular weight excluding hydrogens is 483 g/mol. The smallest absolute Gasteiger partial charge is 0.191 e. The molecular formula is C21H39IN4O3. The van der Waals surface area contributed by atoms with E-state index in [4.69, 9.17) is 9.15 Å². The number of guanidine groups is 1. The van der Waals surface area contributed by atoms with Gasteiger partial charge in [-0.3, -0.25) is 0 Å². The quantitative estimate of drug-likeness (QED) is 0.263. The van der Waals surface area contributed by atoms with Crippen molar-refractivity contribution in [2.24, 2.45) is 10.9 Å². The van der Waals surface area contributed by atoms with E-state index in [1.165, 1.54) is 12.8 Å². The van der Waals surface area contributed by atoms with Crippen molar-refractivity contribution in [2.45, 2.75) is 46.1 Å². The van der Waals surface area contributed by atoms with Crippen molar-refractivity contribution in [1.29, 1.82) is 0 Å². The van der Waals surface area contributed by atoms with Gasteiger partial charge in [-0.25, -0.2) is 4.99 Å². The van der Waals surface area contributed by atoms with Crippen LogP contribution in [0.25, 0.3) is 0 Å². The number of hydrogen-bond acceptors (Lipinski definition) is 5. The van der Waals surface area contributed by atoms with Crippen LogP contribution in [0, 0.1) is 19.8 Å². The van der Waals surface area contributed by atoms with Crippen LogP contribution >= 0.6 is 24.0 Å². The molecule has 0 saturated carbocycles. The van der Waals surface area contributed by atoms with Crippen molar-refractivity contribution in [1.82, 2.24) is 15.5 Å². The third-order valence-corrected chi connectivity index (χ3v) is 5.39. The molecule has 1 aliphatic rings. The van der Waals surface area contributed by atoms with Crippen LogP contribution in [0.4, 0.5) is 0 Å². The number of aliphatic imine (C=N–C) groups is 1. The second-order valence-corrected chi connectivity index (χ2v) is 7.95. The fourth-order valence-corrected chi connectivity index (χ4v) is 3.70. The number of aliphatic hydroxyl groups is 1. The molecule has 7 nitrogen and oxygen atoms in total. The van der Waals surface area contributed by atoms with Crippen LogP contribution in [0.2, 0.25) is 0 Å². The Morgan fingerprint density at radius 3 is 2.59 bits per heavy atom. The minimum atomic E-state index is -1.06. The van der Waals surface area contributed by atoms with Gasteiger partial charge < -0.3 is 29.8 Å². The van der Waals surface area contributed by atoms with Crippen molar-refractivity contribution in [3.05, 3.63) is 23.2 Å². The lowest BCUT2D eigenvalue weighted by Gasteiger charge is -2.32. The summed E-state index contributed by atoms with van der Waals surface area (Å²) < 4.78 is 10.7. The fraction of sp³-hybridized carbons (Fsp3) is 0.762. The van der Waals surface area contributed by atoms with Crippen LogP contribution in [0.3, 0.4) is 0 Å². The van der Waals surface area contributed by atoms with Gasteiger partial charge in [0.25, 0.3) is 0 Å². The molecule has 0 aliphatic carbocycles. The SMILES string of the molecule is CCNC(=NCC(C)(O)c1cc(C)oc1C)NCC1CCN(CCOC)CC1.I. The summed E-state index contributed by atoms with van der Waals surface area (Å²) in [6, 6.07) is 1.89. The zero-order chi connectivity index (χ0) is 20.6. The Morgan fingerprint density at radius 2 is 2.03 bits per heavy atom. The first-order valence-corrected chi connectivity index (χ1v) is 10.4. The number of likely N-dealkylation sites (tertiary alicyclic amines) is 1. The molecule has 0 bridgehead atoms. The zero-order valence-corrected chi connectivity index (χ0v) is 20.9. The van der Waals surface area contributed by atoms with Crippen molar-refractivity contribution in [2.75, 3.05) is 53.0 Å². The summed E-state index contributed by atoms with van der Waals surface area (Å²) in [4.78, 5) is 7.09. The molecule has 1 unspecified atom stereocenters. The predicted molar refractivity (Wildman–Crippen MR) is 128 cm³/mol. The second kappa shape index (κ2) is 12.8. The number of rotatable bonds is 9. The van der Waals surface area contributed by atoms with E-state index in [2.05, 4.69) is 20.5 Å². The van der Waals surface area contributed by atoms with Crippen LogP contribution in [0.5, 0.6) is 0 Å². The van der Waals surface area contributed by atoms with Gasteiger partial charge in [0.1, 0.15) is 17.1 Å². The standard InChI is InChI=1S/C21H38N4O3.HI/c1-6-22-20(23-14-18-7-9-25(10-8-18)11-12-27-5)24-15-21(4,26)19-13-16(2)28-17(19)3;/h13,18,26H,6-12,14-15H2,1-5H3,(H2,22,23,24);1H. The number of nitrogens with one attached hydrogen (secondary N) is 2. The average molecular weight is 522 g/mol. The molecule has 1 saturated heterocycles. The molecule has 29 heavy (non-hydrogen) atoms. The van der Waals surface area contributed by atoms with Crippen LogP contribution in [0.15, 0.2) is 15.5 Å². The van der Waals surface area contributed by atoms with Gasteiger partial charge in [0.2, 0.25) is 0 Å². The maximum atomic E-state index is 10.9. The summed E-state index contributed by atoms with van der Waals surface area (Å²) in [5.41, 5.74) is -0.260. The zero-order valence-electron chi connectivity index (χ0n) is 18.6. The first kappa shape index (κ1) is 26.2. The van der Waals surface area contributed by atoms with Gasteiger partial charge in [-0.2, -0.15) is 0 Å². The lowest BCUT2D eigenvalue weighted by molar-refractivity contribution is 0.0656. The largest absolute Gasteiger partial charge is 0.466 e. The Labute approximate surface area is 192 Å². The highest BCUT2D eigenvalue weighted by atomic mass is 127. The van der Waals surface area contributed by atoms with Crippen LogP contribution in [0.1, 0.15) is 43.8 Å². The molecule has 0 amide bonds. The topological polar surface area (TPSA) is 82.3 Å². The van der Waals surface area contributed by atoms with E-state index in [-0.39, 0.29) is 30.5 Å². The van der Waals surface area contributed by atoms with E-state index in [0.717, 1.165) is 62.4 Å². The number of aryl methyl sites for hydroxylation is 2. The van der Waals surface area contributed by atoms with Crippen LogP contribution in [-0.4, -0.2) is 69.0 Å². The molecule has 0 spiro atoms.